The normalized spacial score (nSPS) is 13.3. The van der Waals surface area contributed by atoms with Gasteiger partial charge in [-0.3, -0.25) is 9.89 Å². The van der Waals surface area contributed by atoms with Crippen molar-refractivity contribution in [2.45, 2.75) is 32.2 Å². The molecule has 0 aliphatic heterocycles. The number of fused-ring (bicyclic) bond motifs is 1. The highest BCUT2D eigenvalue weighted by atomic mass is 16.1. The van der Waals surface area contributed by atoms with E-state index >= 15 is 0 Å². The molecule has 2 aromatic rings. The molecular formula is C14H16N4O. The number of hydrogen-bond acceptors (Lipinski definition) is 3. The van der Waals surface area contributed by atoms with Crippen molar-refractivity contribution in [3.05, 3.63) is 47.0 Å². The molecule has 1 aromatic heterocycles. The Morgan fingerprint density at radius 3 is 3.05 bits per heavy atom. The van der Waals surface area contributed by atoms with Gasteiger partial charge in [0.05, 0.1) is 13.0 Å². The van der Waals surface area contributed by atoms with E-state index in [0.29, 0.717) is 18.8 Å². The van der Waals surface area contributed by atoms with Gasteiger partial charge in [0.2, 0.25) is 5.91 Å². The molecule has 0 fully saturated rings. The van der Waals surface area contributed by atoms with Gasteiger partial charge in [0.25, 0.3) is 0 Å². The van der Waals surface area contributed by atoms with E-state index in [1.807, 2.05) is 0 Å². The van der Waals surface area contributed by atoms with Crippen LogP contribution in [0.2, 0.25) is 0 Å². The van der Waals surface area contributed by atoms with E-state index in [-0.39, 0.29) is 5.91 Å². The van der Waals surface area contributed by atoms with Crippen LogP contribution < -0.4 is 5.32 Å². The highest BCUT2D eigenvalue weighted by molar-refractivity contribution is 5.78. The van der Waals surface area contributed by atoms with Gasteiger partial charge in [-0.05, 0) is 36.0 Å². The van der Waals surface area contributed by atoms with Crippen molar-refractivity contribution in [2.75, 3.05) is 0 Å². The van der Waals surface area contributed by atoms with Crippen molar-refractivity contribution in [1.29, 1.82) is 0 Å². The molecule has 0 bridgehead atoms. The Bertz CT molecular complexity index is 577. The zero-order chi connectivity index (χ0) is 13.1. The fourth-order valence-corrected chi connectivity index (χ4v) is 2.48. The van der Waals surface area contributed by atoms with Gasteiger partial charge in [-0.1, -0.05) is 18.2 Å². The van der Waals surface area contributed by atoms with Gasteiger partial charge in [-0.15, -0.1) is 0 Å². The average molecular weight is 256 g/mol. The molecule has 1 aliphatic carbocycles. The molecule has 19 heavy (non-hydrogen) atoms. The van der Waals surface area contributed by atoms with Crippen LogP contribution in [0.1, 0.15) is 28.9 Å². The number of carbonyl (C=O) groups is 1. The molecule has 5 heteroatoms. The number of benzene rings is 1. The van der Waals surface area contributed by atoms with Crippen molar-refractivity contribution < 1.29 is 4.79 Å². The van der Waals surface area contributed by atoms with Gasteiger partial charge in [0, 0.05) is 0 Å². The molecule has 0 spiro atoms. The number of aromatic nitrogens is 3. The Morgan fingerprint density at radius 2 is 2.21 bits per heavy atom. The van der Waals surface area contributed by atoms with E-state index < -0.39 is 0 Å². The molecule has 3 rings (SSSR count). The number of aromatic amines is 1. The molecule has 0 unspecified atom stereocenters. The lowest BCUT2D eigenvalue weighted by Crippen LogP contribution is -2.25. The molecule has 1 aliphatic rings. The van der Waals surface area contributed by atoms with Crippen LogP contribution in [-0.4, -0.2) is 21.1 Å². The summed E-state index contributed by atoms with van der Waals surface area (Å²) in [5, 5.41) is 9.28. The van der Waals surface area contributed by atoms with E-state index in [4.69, 9.17) is 0 Å². The summed E-state index contributed by atoms with van der Waals surface area (Å²) in [6.45, 7) is 0.393. The molecule has 2 N–H and O–H groups in total. The highest BCUT2D eigenvalue weighted by Gasteiger charge is 2.12. The lowest BCUT2D eigenvalue weighted by molar-refractivity contribution is -0.120. The van der Waals surface area contributed by atoms with Gasteiger partial charge < -0.3 is 5.32 Å². The highest BCUT2D eigenvalue weighted by Crippen LogP contribution is 2.22. The van der Waals surface area contributed by atoms with Gasteiger partial charge in [0.1, 0.15) is 12.2 Å². The fourth-order valence-electron chi connectivity index (χ4n) is 2.48. The summed E-state index contributed by atoms with van der Waals surface area (Å²) in [7, 11) is 0. The third-order valence-electron chi connectivity index (χ3n) is 3.45. The number of aryl methyl sites for hydroxylation is 2. The number of amides is 1. The monoisotopic (exact) mass is 256 g/mol. The number of rotatable bonds is 4. The molecule has 0 saturated heterocycles. The third-order valence-corrected chi connectivity index (χ3v) is 3.45. The van der Waals surface area contributed by atoms with Crippen molar-refractivity contribution in [2.24, 2.45) is 0 Å². The molecule has 5 nitrogen and oxygen atoms in total. The Kier molecular flexibility index (Phi) is 3.27. The maximum Gasteiger partial charge on any atom is 0.224 e. The van der Waals surface area contributed by atoms with Crippen LogP contribution in [0.4, 0.5) is 0 Å². The van der Waals surface area contributed by atoms with E-state index in [1.54, 1.807) is 0 Å². The van der Waals surface area contributed by atoms with Crippen LogP contribution >= 0.6 is 0 Å². The summed E-state index contributed by atoms with van der Waals surface area (Å²) >= 11 is 0. The van der Waals surface area contributed by atoms with Crippen LogP contribution in [0.5, 0.6) is 0 Å². The molecule has 1 heterocycles. The van der Waals surface area contributed by atoms with Crippen molar-refractivity contribution in [1.82, 2.24) is 20.5 Å². The SMILES string of the molecule is O=C(Cc1ccc2c(c1)CCC2)NCc1ncn[nH]1. The van der Waals surface area contributed by atoms with Gasteiger partial charge in [-0.25, -0.2) is 4.98 Å². The second-order valence-corrected chi connectivity index (χ2v) is 4.84. The zero-order valence-corrected chi connectivity index (χ0v) is 10.6. The van der Waals surface area contributed by atoms with Crippen LogP contribution in [-0.2, 0) is 30.6 Å². The molecule has 0 atom stereocenters. The minimum atomic E-state index is 0.00865. The largest absolute Gasteiger partial charge is 0.349 e. The first kappa shape index (κ1) is 11.9. The maximum absolute atomic E-state index is 11.8. The first-order chi connectivity index (χ1) is 9.31. The average Bonchev–Trinajstić information content (AvgIpc) is 3.07. The quantitative estimate of drug-likeness (QED) is 0.862. The molecule has 0 radical (unpaired) electrons. The number of nitrogens with zero attached hydrogens (tertiary/aromatic N) is 2. The molecule has 1 amide bonds. The van der Waals surface area contributed by atoms with Crippen LogP contribution in [0, 0.1) is 0 Å². The number of hydrogen-bond donors (Lipinski definition) is 2. The number of carbonyl (C=O) groups excluding carboxylic acids is 1. The minimum absolute atomic E-state index is 0.00865. The predicted octanol–water partition coefficient (Wildman–Crippen LogP) is 1.15. The second kappa shape index (κ2) is 5.22. The van der Waals surface area contributed by atoms with Gasteiger partial charge >= 0.3 is 0 Å². The number of nitrogens with one attached hydrogen (secondary N) is 2. The summed E-state index contributed by atoms with van der Waals surface area (Å²) in [6, 6.07) is 6.37. The van der Waals surface area contributed by atoms with Crippen molar-refractivity contribution in [3.63, 3.8) is 0 Å². The second-order valence-electron chi connectivity index (χ2n) is 4.84. The third kappa shape index (κ3) is 2.81. The summed E-state index contributed by atoms with van der Waals surface area (Å²) < 4.78 is 0. The lowest BCUT2D eigenvalue weighted by Gasteiger charge is -2.05. The van der Waals surface area contributed by atoms with Crippen molar-refractivity contribution >= 4 is 5.91 Å². The summed E-state index contributed by atoms with van der Waals surface area (Å²) in [4.78, 5) is 15.8. The predicted molar refractivity (Wildman–Crippen MR) is 70.4 cm³/mol. The topological polar surface area (TPSA) is 70.7 Å². The van der Waals surface area contributed by atoms with Crippen molar-refractivity contribution in [3.8, 4) is 0 Å². The first-order valence-corrected chi connectivity index (χ1v) is 6.53. The van der Waals surface area contributed by atoms with E-state index in [1.165, 1.54) is 30.3 Å². The summed E-state index contributed by atoms with van der Waals surface area (Å²) in [5.41, 5.74) is 3.92. The molecule has 98 valence electrons. The minimum Gasteiger partial charge on any atom is -0.349 e. The summed E-state index contributed by atoms with van der Waals surface area (Å²) in [5.74, 6) is 0.677. The first-order valence-electron chi connectivity index (χ1n) is 6.53. The maximum atomic E-state index is 11.8. The molecule has 0 saturated carbocycles. The summed E-state index contributed by atoms with van der Waals surface area (Å²) in [6.07, 6.45) is 5.40. The standard InChI is InChI=1S/C14H16N4O/c19-14(15-8-13-16-9-17-18-13)7-10-4-5-11-2-1-3-12(11)6-10/h4-6,9H,1-3,7-8H2,(H,15,19)(H,16,17,18). The van der Waals surface area contributed by atoms with E-state index in [9.17, 15) is 4.79 Å². The Hall–Kier alpha value is -2.17. The number of H-pyrrole nitrogens is 1. The smallest absolute Gasteiger partial charge is 0.224 e. The molecular weight excluding hydrogens is 240 g/mol. The Labute approximate surface area is 111 Å². The Morgan fingerprint density at radius 1 is 1.32 bits per heavy atom. The Balaban J connectivity index is 1.57. The zero-order valence-electron chi connectivity index (χ0n) is 10.6. The van der Waals surface area contributed by atoms with E-state index in [0.717, 1.165) is 12.0 Å². The van der Waals surface area contributed by atoms with Gasteiger partial charge in [0.15, 0.2) is 0 Å². The lowest BCUT2D eigenvalue weighted by atomic mass is 10.0. The fraction of sp³-hybridized carbons (Fsp3) is 0.357. The van der Waals surface area contributed by atoms with Crippen LogP contribution in [0.3, 0.4) is 0 Å². The van der Waals surface area contributed by atoms with E-state index in [2.05, 4.69) is 38.7 Å². The van der Waals surface area contributed by atoms with Crippen LogP contribution in [0.15, 0.2) is 24.5 Å². The van der Waals surface area contributed by atoms with Gasteiger partial charge in [-0.2, -0.15) is 5.10 Å². The van der Waals surface area contributed by atoms with Crippen LogP contribution in [0.25, 0.3) is 0 Å². The molecule has 1 aromatic carbocycles.